The number of aliphatic hydroxyl groups is 1. The highest BCUT2D eigenvalue weighted by atomic mass is 32.2. The molecule has 1 unspecified atom stereocenters. The van der Waals surface area contributed by atoms with Gasteiger partial charge < -0.3 is 10.0 Å². The van der Waals surface area contributed by atoms with Gasteiger partial charge in [-0.1, -0.05) is 24.3 Å². The molecule has 2 heterocycles. The summed E-state index contributed by atoms with van der Waals surface area (Å²) in [6, 6.07) is 8.24. The smallest absolute Gasteiger partial charge is 0.255 e. The van der Waals surface area contributed by atoms with Gasteiger partial charge in [-0.2, -0.15) is 11.8 Å². The Morgan fingerprint density at radius 3 is 2.83 bits per heavy atom. The van der Waals surface area contributed by atoms with Crippen molar-refractivity contribution in [2.75, 3.05) is 18.1 Å². The number of hydrogen-bond acceptors (Lipinski definition) is 3. The van der Waals surface area contributed by atoms with Crippen molar-refractivity contribution in [3.8, 4) is 0 Å². The van der Waals surface area contributed by atoms with E-state index in [4.69, 9.17) is 0 Å². The first kappa shape index (κ1) is 12.1. The molecule has 0 aromatic heterocycles. The first-order chi connectivity index (χ1) is 8.69. The molecular formula is C14H17NO2S. The summed E-state index contributed by atoms with van der Waals surface area (Å²) < 4.78 is 0. The molecule has 3 nitrogen and oxygen atoms in total. The fourth-order valence-corrected chi connectivity index (χ4v) is 3.92. The Kier molecular flexibility index (Phi) is 3.08. The molecule has 4 heteroatoms. The van der Waals surface area contributed by atoms with Crippen LogP contribution < -0.4 is 0 Å². The summed E-state index contributed by atoms with van der Waals surface area (Å²) in [7, 11) is 0. The third kappa shape index (κ3) is 2.04. The highest BCUT2D eigenvalue weighted by Gasteiger charge is 2.42. The molecule has 1 amide bonds. The summed E-state index contributed by atoms with van der Waals surface area (Å²) in [5.74, 6) is 1.35. The maximum Gasteiger partial charge on any atom is 0.255 e. The van der Waals surface area contributed by atoms with Crippen LogP contribution in [0.25, 0.3) is 0 Å². The first-order valence-electron chi connectivity index (χ1n) is 6.35. The van der Waals surface area contributed by atoms with Gasteiger partial charge in [0.1, 0.15) is 0 Å². The van der Waals surface area contributed by atoms with Gasteiger partial charge in [-0.25, -0.2) is 0 Å². The van der Waals surface area contributed by atoms with Crippen molar-refractivity contribution in [3.05, 3.63) is 35.4 Å². The van der Waals surface area contributed by atoms with E-state index in [1.165, 1.54) is 11.1 Å². The molecule has 0 bridgehead atoms. The van der Waals surface area contributed by atoms with E-state index in [0.29, 0.717) is 18.7 Å². The number of carbonyl (C=O) groups is 1. The standard InChI is InChI=1S/C14H17NO2S/c16-13(14(17)6-8-18-10-14)15-7-5-11-3-1-2-4-12(11)9-15/h1-4,17H,5-10H2. The van der Waals surface area contributed by atoms with E-state index in [9.17, 15) is 9.90 Å². The minimum absolute atomic E-state index is 0.0815. The van der Waals surface area contributed by atoms with Crippen LogP contribution in [0.15, 0.2) is 24.3 Å². The topological polar surface area (TPSA) is 40.5 Å². The predicted octanol–water partition coefficient (Wildman–Crippen LogP) is 1.44. The quantitative estimate of drug-likeness (QED) is 0.833. The number of fused-ring (bicyclic) bond motifs is 1. The van der Waals surface area contributed by atoms with Crippen LogP contribution >= 0.6 is 11.8 Å². The van der Waals surface area contributed by atoms with Gasteiger partial charge in [-0.05, 0) is 29.7 Å². The number of amides is 1. The summed E-state index contributed by atoms with van der Waals surface area (Å²) in [5, 5.41) is 10.3. The Labute approximate surface area is 111 Å². The van der Waals surface area contributed by atoms with E-state index in [2.05, 4.69) is 12.1 Å². The van der Waals surface area contributed by atoms with Gasteiger partial charge in [0.25, 0.3) is 5.91 Å². The van der Waals surface area contributed by atoms with E-state index in [-0.39, 0.29) is 5.91 Å². The van der Waals surface area contributed by atoms with Crippen LogP contribution in [-0.4, -0.2) is 39.6 Å². The second-order valence-electron chi connectivity index (χ2n) is 5.08. The Morgan fingerprint density at radius 2 is 2.11 bits per heavy atom. The molecule has 1 atom stereocenters. The fourth-order valence-electron chi connectivity index (χ4n) is 2.69. The van der Waals surface area contributed by atoms with Crippen molar-refractivity contribution in [1.29, 1.82) is 0 Å². The second kappa shape index (κ2) is 4.59. The first-order valence-corrected chi connectivity index (χ1v) is 7.51. The fraction of sp³-hybridized carbons (Fsp3) is 0.500. The van der Waals surface area contributed by atoms with E-state index >= 15 is 0 Å². The molecule has 1 aromatic rings. The van der Waals surface area contributed by atoms with Gasteiger partial charge in [0, 0.05) is 18.8 Å². The molecule has 0 saturated carbocycles. The minimum Gasteiger partial charge on any atom is -0.379 e. The predicted molar refractivity (Wildman–Crippen MR) is 72.5 cm³/mol. The van der Waals surface area contributed by atoms with E-state index in [1.54, 1.807) is 11.8 Å². The van der Waals surface area contributed by atoms with Crippen LogP contribution in [0.2, 0.25) is 0 Å². The van der Waals surface area contributed by atoms with Crippen molar-refractivity contribution in [1.82, 2.24) is 4.90 Å². The molecule has 3 rings (SSSR count). The van der Waals surface area contributed by atoms with Crippen molar-refractivity contribution in [2.45, 2.75) is 25.0 Å². The molecule has 18 heavy (non-hydrogen) atoms. The zero-order valence-corrected chi connectivity index (χ0v) is 11.1. The van der Waals surface area contributed by atoms with E-state index < -0.39 is 5.60 Å². The van der Waals surface area contributed by atoms with Gasteiger partial charge in [0.15, 0.2) is 5.60 Å². The van der Waals surface area contributed by atoms with Gasteiger partial charge in [-0.15, -0.1) is 0 Å². The molecule has 2 aliphatic rings. The van der Waals surface area contributed by atoms with Crippen LogP contribution in [0.1, 0.15) is 17.5 Å². The maximum absolute atomic E-state index is 12.4. The molecular weight excluding hydrogens is 246 g/mol. The maximum atomic E-state index is 12.4. The Balaban J connectivity index is 1.78. The molecule has 0 spiro atoms. The zero-order chi connectivity index (χ0) is 12.6. The van der Waals surface area contributed by atoms with Crippen LogP contribution in [0, 0.1) is 0 Å². The highest BCUT2D eigenvalue weighted by Crippen LogP contribution is 2.31. The lowest BCUT2D eigenvalue weighted by molar-refractivity contribution is -0.149. The summed E-state index contributed by atoms with van der Waals surface area (Å²) >= 11 is 1.66. The molecule has 96 valence electrons. The monoisotopic (exact) mass is 263 g/mol. The third-order valence-corrected chi connectivity index (χ3v) is 4.99. The molecule has 2 aliphatic heterocycles. The summed E-state index contributed by atoms with van der Waals surface area (Å²) in [5.41, 5.74) is 1.43. The van der Waals surface area contributed by atoms with Gasteiger partial charge in [0.05, 0.1) is 0 Å². The Morgan fingerprint density at radius 1 is 1.33 bits per heavy atom. The number of rotatable bonds is 1. The van der Waals surface area contributed by atoms with Gasteiger partial charge >= 0.3 is 0 Å². The lowest BCUT2D eigenvalue weighted by atomic mass is 9.96. The van der Waals surface area contributed by atoms with Gasteiger partial charge in [0.2, 0.25) is 0 Å². The van der Waals surface area contributed by atoms with Crippen LogP contribution in [-0.2, 0) is 17.8 Å². The van der Waals surface area contributed by atoms with Crippen molar-refractivity contribution < 1.29 is 9.90 Å². The number of nitrogens with zero attached hydrogens (tertiary/aromatic N) is 1. The molecule has 1 saturated heterocycles. The lowest BCUT2D eigenvalue weighted by Crippen LogP contribution is -2.50. The lowest BCUT2D eigenvalue weighted by Gasteiger charge is -2.34. The van der Waals surface area contributed by atoms with Crippen molar-refractivity contribution >= 4 is 17.7 Å². The third-order valence-electron chi connectivity index (χ3n) is 3.82. The SMILES string of the molecule is O=C(N1CCc2ccccc2C1)C1(O)CCSC1. The highest BCUT2D eigenvalue weighted by molar-refractivity contribution is 7.99. The Bertz CT molecular complexity index is 469. The number of hydrogen-bond donors (Lipinski definition) is 1. The largest absolute Gasteiger partial charge is 0.379 e. The van der Waals surface area contributed by atoms with E-state index in [1.807, 2.05) is 17.0 Å². The van der Waals surface area contributed by atoms with Crippen LogP contribution in [0.4, 0.5) is 0 Å². The zero-order valence-electron chi connectivity index (χ0n) is 10.3. The van der Waals surface area contributed by atoms with Gasteiger partial charge in [-0.3, -0.25) is 4.79 Å². The molecule has 0 radical (unpaired) electrons. The number of thioether (sulfide) groups is 1. The average molecular weight is 263 g/mol. The second-order valence-corrected chi connectivity index (χ2v) is 6.18. The normalized spacial score (nSPS) is 27.1. The summed E-state index contributed by atoms with van der Waals surface area (Å²) in [6.07, 6.45) is 1.49. The molecule has 1 fully saturated rings. The minimum atomic E-state index is -1.11. The molecule has 1 aromatic carbocycles. The molecule has 0 aliphatic carbocycles. The summed E-state index contributed by atoms with van der Waals surface area (Å²) in [6.45, 7) is 1.37. The number of benzene rings is 1. The van der Waals surface area contributed by atoms with Crippen LogP contribution in [0.5, 0.6) is 0 Å². The number of carbonyl (C=O) groups excluding carboxylic acids is 1. The average Bonchev–Trinajstić information content (AvgIpc) is 2.85. The summed E-state index contributed by atoms with van der Waals surface area (Å²) in [4.78, 5) is 14.2. The van der Waals surface area contributed by atoms with E-state index in [0.717, 1.165) is 18.7 Å². The van der Waals surface area contributed by atoms with Crippen molar-refractivity contribution in [2.24, 2.45) is 0 Å². The van der Waals surface area contributed by atoms with Crippen LogP contribution in [0.3, 0.4) is 0 Å². The Hall–Kier alpha value is -1.00. The molecule has 1 N–H and O–H groups in total. The van der Waals surface area contributed by atoms with Crippen molar-refractivity contribution in [3.63, 3.8) is 0 Å².